The monoisotopic (exact) mass is 184 g/mol. The number of aromatic carboxylic acids is 2. The van der Waals surface area contributed by atoms with Crippen LogP contribution in [0.2, 0.25) is 0 Å². The molecule has 0 aromatic carbocycles. The molecule has 1 aromatic rings. The number of carbonyl (C=O) groups is 2. The number of aromatic nitrogens is 2. The fraction of sp³-hybridized carbons (Fsp3) is 0. The van der Waals surface area contributed by atoms with Gasteiger partial charge in [-0.25, -0.2) is 14.6 Å². The highest BCUT2D eigenvalue weighted by Crippen LogP contribution is 1.94. The Morgan fingerprint density at radius 3 is 1.92 bits per heavy atom. The average Bonchev–Trinajstić information content (AvgIpc) is 2.03. The van der Waals surface area contributed by atoms with E-state index in [0.29, 0.717) is 12.4 Å². The Labute approximate surface area is 71.5 Å². The molecule has 1 rings (SSSR count). The van der Waals surface area contributed by atoms with Gasteiger partial charge in [-0.1, -0.05) is 0 Å². The van der Waals surface area contributed by atoms with Crippen molar-refractivity contribution in [2.24, 2.45) is 0 Å². The van der Waals surface area contributed by atoms with Crippen LogP contribution in [-0.4, -0.2) is 27.1 Å². The molecule has 13 heavy (non-hydrogen) atoms. The van der Waals surface area contributed by atoms with Gasteiger partial charge in [0.1, 0.15) is 0 Å². The van der Waals surface area contributed by atoms with E-state index in [-0.39, 0.29) is 4.73 Å². The Kier molecular flexibility index (Phi) is 2.09. The number of hydrogen-bond acceptors (Lipinski definition) is 4. The van der Waals surface area contributed by atoms with Gasteiger partial charge in [-0.2, -0.15) is 4.73 Å². The first-order chi connectivity index (χ1) is 6.00. The van der Waals surface area contributed by atoms with E-state index in [1.54, 1.807) is 0 Å². The fourth-order valence-corrected chi connectivity index (χ4v) is 0.672. The second kappa shape index (κ2) is 3.05. The molecule has 0 aliphatic carbocycles. The van der Waals surface area contributed by atoms with Crippen LogP contribution in [0.15, 0.2) is 12.4 Å². The van der Waals surface area contributed by atoms with Crippen LogP contribution in [0.5, 0.6) is 0 Å². The quantitative estimate of drug-likeness (QED) is 0.455. The summed E-state index contributed by atoms with van der Waals surface area (Å²) in [5.74, 6) is -2.90. The Balaban J connectivity index is 3.26. The Bertz CT molecular complexity index is 343. The molecule has 0 radical (unpaired) electrons. The highest BCUT2D eigenvalue weighted by Gasteiger charge is 2.15. The lowest BCUT2D eigenvalue weighted by molar-refractivity contribution is -0.606. The standard InChI is InChI=1S/C6H4N2O5/c9-5(10)3-1-8(13)2-4(7-3)6(11)12/h1-2H,(H,9,10)(H,11,12). The zero-order valence-corrected chi connectivity index (χ0v) is 6.17. The number of carboxylic acid groups (broad SMARTS) is 2. The van der Waals surface area contributed by atoms with E-state index in [4.69, 9.17) is 10.2 Å². The van der Waals surface area contributed by atoms with Gasteiger partial charge in [0.05, 0.1) is 0 Å². The summed E-state index contributed by atoms with van der Waals surface area (Å²) in [6, 6.07) is 0. The maximum absolute atomic E-state index is 10.7. The smallest absolute Gasteiger partial charge is 0.360 e. The summed E-state index contributed by atoms with van der Waals surface area (Å²) in [5, 5.41) is 27.5. The zero-order valence-electron chi connectivity index (χ0n) is 6.17. The SMILES string of the molecule is O=C(O)c1c[n+]([O-])cc(C(=O)O)n1. The first kappa shape index (κ1) is 8.91. The molecule has 1 heterocycles. The topological polar surface area (TPSA) is 114 Å². The molecule has 0 bridgehead atoms. The molecule has 0 unspecified atom stereocenters. The van der Waals surface area contributed by atoms with Crippen LogP contribution in [0.3, 0.4) is 0 Å². The van der Waals surface area contributed by atoms with Gasteiger partial charge in [0, 0.05) is 0 Å². The summed E-state index contributed by atoms with van der Waals surface area (Å²) >= 11 is 0. The predicted octanol–water partition coefficient (Wildman–Crippen LogP) is -0.889. The van der Waals surface area contributed by atoms with E-state index in [0.717, 1.165) is 0 Å². The fourth-order valence-electron chi connectivity index (χ4n) is 0.672. The van der Waals surface area contributed by atoms with Crippen molar-refractivity contribution in [1.29, 1.82) is 0 Å². The van der Waals surface area contributed by atoms with Crippen molar-refractivity contribution in [3.8, 4) is 0 Å². The van der Waals surface area contributed by atoms with E-state index in [2.05, 4.69) is 4.98 Å². The highest BCUT2D eigenvalue weighted by molar-refractivity contribution is 5.88. The van der Waals surface area contributed by atoms with Crippen molar-refractivity contribution in [3.63, 3.8) is 0 Å². The van der Waals surface area contributed by atoms with Crippen molar-refractivity contribution in [1.82, 2.24) is 4.98 Å². The molecule has 0 fully saturated rings. The summed E-state index contributed by atoms with van der Waals surface area (Å²) in [5.41, 5.74) is -1.20. The molecular formula is C6H4N2O5. The summed E-state index contributed by atoms with van der Waals surface area (Å²) in [7, 11) is 0. The second-order valence-corrected chi connectivity index (χ2v) is 2.11. The van der Waals surface area contributed by atoms with Gasteiger partial charge in [-0.3, -0.25) is 0 Å². The van der Waals surface area contributed by atoms with Crippen molar-refractivity contribution >= 4 is 11.9 Å². The molecule has 0 saturated heterocycles. The molecule has 0 amide bonds. The van der Waals surface area contributed by atoms with Crippen LogP contribution in [0, 0.1) is 5.21 Å². The highest BCUT2D eigenvalue weighted by atomic mass is 16.5. The van der Waals surface area contributed by atoms with Gasteiger partial charge in [0.15, 0.2) is 0 Å². The molecular weight excluding hydrogens is 180 g/mol. The third-order valence-corrected chi connectivity index (χ3v) is 1.18. The van der Waals surface area contributed by atoms with Gasteiger partial charge < -0.3 is 15.4 Å². The molecule has 0 atom stereocenters. The maximum atomic E-state index is 10.7. The van der Waals surface area contributed by atoms with Crippen LogP contribution >= 0.6 is 0 Å². The van der Waals surface area contributed by atoms with Crippen molar-refractivity contribution in [2.45, 2.75) is 0 Å². The van der Waals surface area contributed by atoms with Crippen LogP contribution in [-0.2, 0) is 0 Å². The number of nitrogens with zero attached hydrogens (tertiary/aromatic N) is 2. The van der Waals surface area contributed by atoms with Crippen LogP contribution in [0.25, 0.3) is 0 Å². The maximum Gasteiger partial charge on any atom is 0.360 e. The van der Waals surface area contributed by atoms with Crippen molar-refractivity contribution in [2.75, 3.05) is 0 Å². The molecule has 7 heteroatoms. The minimum Gasteiger partial charge on any atom is -0.619 e. The van der Waals surface area contributed by atoms with E-state index in [1.807, 2.05) is 0 Å². The van der Waals surface area contributed by atoms with Gasteiger partial charge in [-0.05, 0) is 0 Å². The Hall–Kier alpha value is -2.18. The van der Waals surface area contributed by atoms with Crippen LogP contribution in [0.4, 0.5) is 0 Å². The van der Waals surface area contributed by atoms with Crippen LogP contribution < -0.4 is 4.73 Å². The Morgan fingerprint density at radius 1 is 1.23 bits per heavy atom. The lowest BCUT2D eigenvalue weighted by Gasteiger charge is -1.98. The van der Waals surface area contributed by atoms with E-state index >= 15 is 0 Å². The summed E-state index contributed by atoms with van der Waals surface area (Å²) < 4.78 is 0.0832. The number of hydrogen-bond donors (Lipinski definition) is 2. The molecule has 0 spiro atoms. The van der Waals surface area contributed by atoms with Crippen LogP contribution in [0.1, 0.15) is 21.0 Å². The van der Waals surface area contributed by atoms with Gasteiger partial charge in [-0.15, -0.1) is 0 Å². The zero-order chi connectivity index (χ0) is 10.0. The minimum absolute atomic E-state index is 0.0832. The van der Waals surface area contributed by atoms with E-state index < -0.39 is 23.3 Å². The normalized spacial score (nSPS) is 9.54. The first-order valence-corrected chi connectivity index (χ1v) is 3.08. The van der Waals surface area contributed by atoms with E-state index in [9.17, 15) is 14.8 Å². The lowest BCUT2D eigenvalue weighted by Crippen LogP contribution is -2.29. The minimum atomic E-state index is -1.45. The molecule has 0 saturated carbocycles. The molecule has 7 nitrogen and oxygen atoms in total. The summed E-state index contributed by atoms with van der Waals surface area (Å²) in [4.78, 5) is 23.9. The third kappa shape index (κ3) is 1.89. The van der Waals surface area contributed by atoms with Gasteiger partial charge in [0.2, 0.25) is 23.8 Å². The summed E-state index contributed by atoms with van der Waals surface area (Å²) in [6.07, 6.45) is 1.35. The third-order valence-electron chi connectivity index (χ3n) is 1.18. The molecule has 0 aliphatic heterocycles. The van der Waals surface area contributed by atoms with E-state index in [1.165, 1.54) is 0 Å². The molecule has 1 aromatic heterocycles. The lowest BCUT2D eigenvalue weighted by atomic mass is 10.4. The summed E-state index contributed by atoms with van der Waals surface area (Å²) in [6.45, 7) is 0. The Morgan fingerprint density at radius 2 is 1.62 bits per heavy atom. The second-order valence-electron chi connectivity index (χ2n) is 2.11. The van der Waals surface area contributed by atoms with Gasteiger partial charge in [0.25, 0.3) is 0 Å². The molecule has 68 valence electrons. The average molecular weight is 184 g/mol. The first-order valence-electron chi connectivity index (χ1n) is 3.08. The predicted molar refractivity (Wildman–Crippen MR) is 37.1 cm³/mol. The van der Waals surface area contributed by atoms with Gasteiger partial charge >= 0.3 is 11.9 Å². The number of rotatable bonds is 2. The van der Waals surface area contributed by atoms with Crippen molar-refractivity contribution in [3.05, 3.63) is 29.0 Å². The molecule has 2 N–H and O–H groups in total. The van der Waals surface area contributed by atoms with Crippen molar-refractivity contribution < 1.29 is 24.5 Å². The molecule has 0 aliphatic rings. The number of carboxylic acids is 2. The largest absolute Gasteiger partial charge is 0.619 e.